The fraction of sp³-hybridized carbons (Fsp3) is 0.714. The Labute approximate surface area is 55.1 Å². The van der Waals surface area contributed by atoms with Crippen molar-refractivity contribution in [3.8, 4) is 0 Å². The van der Waals surface area contributed by atoms with Gasteiger partial charge < -0.3 is 9.84 Å². The van der Waals surface area contributed by atoms with Crippen LogP contribution in [0.5, 0.6) is 0 Å². The number of aliphatic hydroxyl groups is 1. The lowest BCUT2D eigenvalue weighted by atomic mass is 10.1. The van der Waals surface area contributed by atoms with Crippen molar-refractivity contribution >= 4 is 0 Å². The van der Waals surface area contributed by atoms with E-state index < -0.39 is 5.79 Å². The van der Waals surface area contributed by atoms with Gasteiger partial charge in [-0.2, -0.15) is 0 Å². The van der Waals surface area contributed by atoms with Crippen molar-refractivity contribution in [1.29, 1.82) is 0 Å². The Morgan fingerprint density at radius 2 is 2.56 bits per heavy atom. The molecule has 0 spiro atoms. The number of ether oxygens (including phenoxy) is 1. The molecule has 9 heavy (non-hydrogen) atoms. The molecule has 52 valence electrons. The predicted molar refractivity (Wildman–Crippen MR) is 34.7 cm³/mol. The second-order valence-electron chi connectivity index (χ2n) is 2.39. The van der Waals surface area contributed by atoms with E-state index in [0.29, 0.717) is 6.42 Å². The maximum absolute atomic E-state index is 9.41. The number of hydrogen-bond acceptors (Lipinski definition) is 2. The molecule has 0 radical (unpaired) electrons. The van der Waals surface area contributed by atoms with E-state index in [9.17, 15) is 5.11 Å². The van der Waals surface area contributed by atoms with E-state index in [1.54, 1.807) is 6.26 Å². The van der Waals surface area contributed by atoms with E-state index in [2.05, 4.69) is 0 Å². The molecule has 0 aromatic carbocycles. The fourth-order valence-electron chi connectivity index (χ4n) is 1.01. The van der Waals surface area contributed by atoms with E-state index in [-0.39, 0.29) is 0 Å². The van der Waals surface area contributed by atoms with Gasteiger partial charge >= 0.3 is 0 Å². The molecule has 0 aliphatic carbocycles. The first kappa shape index (κ1) is 6.62. The SMILES string of the molecule is CCCC1(O)CC=CO1. The highest BCUT2D eigenvalue weighted by Crippen LogP contribution is 2.24. The van der Waals surface area contributed by atoms with Crippen molar-refractivity contribution in [3.05, 3.63) is 12.3 Å². The zero-order valence-corrected chi connectivity index (χ0v) is 5.63. The summed E-state index contributed by atoms with van der Waals surface area (Å²) in [5.74, 6) is -0.866. The quantitative estimate of drug-likeness (QED) is 0.609. The second kappa shape index (κ2) is 2.40. The van der Waals surface area contributed by atoms with Crippen LogP contribution in [0, 0.1) is 0 Å². The van der Waals surface area contributed by atoms with Gasteiger partial charge in [-0.1, -0.05) is 6.92 Å². The minimum atomic E-state index is -0.866. The first-order valence-corrected chi connectivity index (χ1v) is 3.32. The largest absolute Gasteiger partial charge is 0.470 e. The second-order valence-corrected chi connectivity index (χ2v) is 2.39. The topological polar surface area (TPSA) is 29.5 Å². The molecule has 1 heterocycles. The molecule has 0 saturated carbocycles. The molecule has 0 amide bonds. The Kier molecular flexibility index (Phi) is 1.76. The average Bonchev–Trinajstić information content (AvgIpc) is 2.16. The molecular formula is C7H12O2. The third kappa shape index (κ3) is 1.45. The van der Waals surface area contributed by atoms with E-state index >= 15 is 0 Å². The fourth-order valence-corrected chi connectivity index (χ4v) is 1.01. The molecule has 0 bridgehead atoms. The summed E-state index contributed by atoms with van der Waals surface area (Å²) < 4.78 is 4.96. The van der Waals surface area contributed by atoms with Gasteiger partial charge in [0, 0.05) is 12.8 Å². The van der Waals surface area contributed by atoms with Crippen molar-refractivity contribution in [3.63, 3.8) is 0 Å². The molecule has 1 aliphatic rings. The summed E-state index contributed by atoms with van der Waals surface area (Å²) in [7, 11) is 0. The van der Waals surface area contributed by atoms with Crippen LogP contribution >= 0.6 is 0 Å². The number of hydrogen-bond donors (Lipinski definition) is 1. The first-order chi connectivity index (χ1) is 4.27. The molecular weight excluding hydrogens is 116 g/mol. The first-order valence-electron chi connectivity index (χ1n) is 3.32. The molecule has 1 atom stereocenters. The van der Waals surface area contributed by atoms with E-state index in [1.807, 2.05) is 13.0 Å². The Morgan fingerprint density at radius 3 is 3.00 bits per heavy atom. The maximum atomic E-state index is 9.41. The Balaban J connectivity index is 2.36. The highest BCUT2D eigenvalue weighted by atomic mass is 16.6. The van der Waals surface area contributed by atoms with Crippen molar-refractivity contribution in [2.24, 2.45) is 0 Å². The van der Waals surface area contributed by atoms with Gasteiger partial charge in [0.2, 0.25) is 5.79 Å². The lowest BCUT2D eigenvalue weighted by molar-refractivity contribution is -0.155. The summed E-state index contributed by atoms with van der Waals surface area (Å²) in [6.45, 7) is 2.03. The summed E-state index contributed by atoms with van der Waals surface area (Å²) in [4.78, 5) is 0. The Morgan fingerprint density at radius 1 is 1.78 bits per heavy atom. The van der Waals surface area contributed by atoms with Crippen LogP contribution in [0.15, 0.2) is 12.3 Å². The van der Waals surface area contributed by atoms with Crippen LogP contribution in [0.3, 0.4) is 0 Å². The molecule has 1 N–H and O–H groups in total. The molecule has 0 aromatic rings. The van der Waals surface area contributed by atoms with Crippen LogP contribution in [0.2, 0.25) is 0 Å². The van der Waals surface area contributed by atoms with Gasteiger partial charge in [-0.3, -0.25) is 0 Å². The van der Waals surface area contributed by atoms with Crippen molar-refractivity contribution < 1.29 is 9.84 Å². The lowest BCUT2D eigenvalue weighted by Crippen LogP contribution is -2.26. The predicted octanol–water partition coefficient (Wildman–Crippen LogP) is 1.41. The zero-order valence-electron chi connectivity index (χ0n) is 5.63. The molecule has 1 unspecified atom stereocenters. The van der Waals surface area contributed by atoms with Gasteiger partial charge in [-0.05, 0) is 12.5 Å². The lowest BCUT2D eigenvalue weighted by Gasteiger charge is -2.20. The van der Waals surface area contributed by atoms with E-state index in [1.165, 1.54) is 0 Å². The molecule has 2 nitrogen and oxygen atoms in total. The monoisotopic (exact) mass is 128 g/mol. The van der Waals surface area contributed by atoms with Crippen molar-refractivity contribution in [2.45, 2.75) is 32.0 Å². The Hall–Kier alpha value is -0.500. The highest BCUT2D eigenvalue weighted by Gasteiger charge is 2.28. The number of rotatable bonds is 2. The third-order valence-electron chi connectivity index (χ3n) is 1.46. The summed E-state index contributed by atoms with van der Waals surface area (Å²) in [5.41, 5.74) is 0. The van der Waals surface area contributed by atoms with Gasteiger partial charge in [0.15, 0.2) is 0 Å². The summed E-state index contributed by atoms with van der Waals surface area (Å²) in [6.07, 6.45) is 5.73. The van der Waals surface area contributed by atoms with Crippen LogP contribution in [-0.4, -0.2) is 10.9 Å². The molecule has 0 aromatic heterocycles. The van der Waals surface area contributed by atoms with Crippen molar-refractivity contribution in [1.82, 2.24) is 0 Å². The normalized spacial score (nSPS) is 32.7. The molecule has 1 aliphatic heterocycles. The molecule has 0 fully saturated rings. The van der Waals surface area contributed by atoms with Crippen LogP contribution in [0.1, 0.15) is 26.2 Å². The standard InChI is InChI=1S/C7H12O2/c1-2-4-7(8)5-3-6-9-7/h3,6,8H,2,4-5H2,1H3. The third-order valence-corrected chi connectivity index (χ3v) is 1.46. The summed E-state index contributed by atoms with van der Waals surface area (Å²) in [5, 5.41) is 9.41. The molecule has 2 heteroatoms. The minimum Gasteiger partial charge on any atom is -0.470 e. The molecule has 0 saturated heterocycles. The van der Waals surface area contributed by atoms with Gasteiger partial charge in [-0.25, -0.2) is 0 Å². The smallest absolute Gasteiger partial charge is 0.210 e. The van der Waals surface area contributed by atoms with Gasteiger partial charge in [0.1, 0.15) is 0 Å². The average molecular weight is 128 g/mol. The summed E-state index contributed by atoms with van der Waals surface area (Å²) in [6, 6.07) is 0. The van der Waals surface area contributed by atoms with Crippen LogP contribution in [0.25, 0.3) is 0 Å². The van der Waals surface area contributed by atoms with Crippen LogP contribution in [0.4, 0.5) is 0 Å². The molecule has 1 rings (SSSR count). The van der Waals surface area contributed by atoms with Gasteiger partial charge in [-0.15, -0.1) is 0 Å². The van der Waals surface area contributed by atoms with Gasteiger partial charge in [0.25, 0.3) is 0 Å². The van der Waals surface area contributed by atoms with Gasteiger partial charge in [0.05, 0.1) is 6.26 Å². The Bertz CT molecular complexity index is 110. The highest BCUT2D eigenvalue weighted by molar-refractivity contribution is 4.90. The van der Waals surface area contributed by atoms with Crippen molar-refractivity contribution in [2.75, 3.05) is 0 Å². The van der Waals surface area contributed by atoms with Crippen LogP contribution < -0.4 is 0 Å². The van der Waals surface area contributed by atoms with E-state index in [0.717, 1.165) is 12.8 Å². The summed E-state index contributed by atoms with van der Waals surface area (Å²) >= 11 is 0. The maximum Gasteiger partial charge on any atom is 0.210 e. The van der Waals surface area contributed by atoms with E-state index in [4.69, 9.17) is 4.74 Å². The zero-order chi connectivity index (χ0) is 6.74. The van der Waals surface area contributed by atoms with Crippen LogP contribution in [-0.2, 0) is 4.74 Å². The minimum absolute atomic E-state index is 0.640.